The molecule has 6 heteroatoms. The van der Waals surface area contributed by atoms with E-state index in [0.717, 1.165) is 12.8 Å². The summed E-state index contributed by atoms with van der Waals surface area (Å²) in [5.41, 5.74) is 0. The Labute approximate surface area is 123 Å². The van der Waals surface area contributed by atoms with Crippen molar-refractivity contribution in [3.8, 4) is 0 Å². The third-order valence-corrected chi connectivity index (χ3v) is 4.13. The van der Waals surface area contributed by atoms with Gasteiger partial charge in [0.05, 0.1) is 19.8 Å². The molecule has 20 heavy (non-hydrogen) atoms. The van der Waals surface area contributed by atoms with Crippen LogP contribution in [0.4, 0.5) is 0 Å². The van der Waals surface area contributed by atoms with Crippen LogP contribution in [-0.4, -0.2) is 19.8 Å². The molecule has 0 atom stereocenters. The number of hydrogen-bond donors (Lipinski definition) is 0. The highest BCUT2D eigenvalue weighted by Gasteiger charge is 2.28. The Kier molecular flexibility index (Phi) is 11.9. The molecule has 0 radical (unpaired) electrons. The molecule has 0 aliphatic rings. The van der Waals surface area contributed by atoms with Crippen LogP contribution in [0, 0.1) is 0 Å². The summed E-state index contributed by atoms with van der Waals surface area (Å²) in [5.74, 6) is -0.0104. The number of rotatable bonds is 14. The van der Waals surface area contributed by atoms with Crippen molar-refractivity contribution in [2.24, 2.45) is 0 Å². The minimum Gasteiger partial charge on any atom is -0.466 e. The van der Waals surface area contributed by atoms with Gasteiger partial charge < -0.3 is 9.26 Å². The first kappa shape index (κ1) is 19.5. The molecule has 0 aromatic rings. The van der Waals surface area contributed by atoms with Gasteiger partial charge in [-0.05, 0) is 26.8 Å². The molecule has 0 saturated carbocycles. The summed E-state index contributed by atoms with van der Waals surface area (Å²) in [6.45, 7) is 10.2. The third kappa shape index (κ3) is 10.3. The average molecular weight is 309 g/mol. The molecule has 0 fully saturated rings. The van der Waals surface area contributed by atoms with Gasteiger partial charge in [0.1, 0.15) is 0 Å². The van der Waals surface area contributed by atoms with E-state index in [-0.39, 0.29) is 19.2 Å². The molecular weight excluding hydrogens is 280 g/mol. The van der Waals surface area contributed by atoms with Gasteiger partial charge >= 0.3 is 7.82 Å². The van der Waals surface area contributed by atoms with Crippen LogP contribution in [0.25, 0.3) is 0 Å². The summed E-state index contributed by atoms with van der Waals surface area (Å²) < 4.78 is 32.3. The van der Waals surface area contributed by atoms with Gasteiger partial charge in [0, 0.05) is 0 Å². The van der Waals surface area contributed by atoms with Crippen molar-refractivity contribution in [2.45, 2.75) is 59.3 Å². The maximum atomic E-state index is 12.0. The van der Waals surface area contributed by atoms with Gasteiger partial charge in [-0.1, -0.05) is 39.0 Å². The van der Waals surface area contributed by atoms with E-state index in [9.17, 15) is 4.57 Å². The highest BCUT2D eigenvalue weighted by atomic mass is 31.2. The predicted molar refractivity (Wildman–Crippen MR) is 80.4 cm³/mol. The van der Waals surface area contributed by atoms with Crippen LogP contribution in [0.5, 0.6) is 0 Å². The highest BCUT2D eigenvalue weighted by molar-refractivity contribution is 7.48. The fourth-order valence-electron chi connectivity index (χ4n) is 1.63. The van der Waals surface area contributed by atoms with Crippen LogP contribution in [-0.2, 0) is 22.9 Å². The number of phosphoric ester groups is 1. The smallest absolute Gasteiger partial charge is 0.466 e. The Hall–Kier alpha value is -0.510. The molecule has 0 amide bonds. The average Bonchev–Trinajstić information content (AvgIpc) is 2.38. The molecule has 0 aromatic heterocycles. The zero-order valence-corrected chi connectivity index (χ0v) is 14.0. The molecule has 0 aliphatic carbocycles. The highest BCUT2D eigenvalue weighted by Crippen LogP contribution is 2.51. The first-order valence-electron chi connectivity index (χ1n) is 7.48. The number of unbranched alkanes of at least 4 members (excludes halogenated alkanes) is 5. The largest absolute Gasteiger partial charge is 0.532 e. The molecular formula is C14H29O5P. The molecule has 0 saturated heterocycles. The fourth-order valence-corrected chi connectivity index (χ4v) is 2.74. The van der Waals surface area contributed by atoms with E-state index >= 15 is 0 Å². The van der Waals surface area contributed by atoms with Gasteiger partial charge in [0.15, 0.2) is 0 Å². The Morgan fingerprint density at radius 3 is 2.05 bits per heavy atom. The van der Waals surface area contributed by atoms with Crippen molar-refractivity contribution in [3.63, 3.8) is 0 Å². The lowest BCUT2D eigenvalue weighted by Crippen LogP contribution is -2.03. The summed E-state index contributed by atoms with van der Waals surface area (Å²) in [4.78, 5) is 0. The van der Waals surface area contributed by atoms with Gasteiger partial charge in [0.2, 0.25) is 0 Å². The van der Waals surface area contributed by atoms with E-state index in [0.29, 0.717) is 6.61 Å². The lowest BCUT2D eigenvalue weighted by Gasteiger charge is -2.18. The number of ether oxygens (including phenoxy) is 1. The van der Waals surface area contributed by atoms with Gasteiger partial charge in [0.25, 0.3) is 5.95 Å². The maximum Gasteiger partial charge on any atom is 0.532 e. The first-order chi connectivity index (χ1) is 9.58. The summed E-state index contributed by atoms with van der Waals surface area (Å²) in [6, 6.07) is 0. The molecule has 0 heterocycles. The van der Waals surface area contributed by atoms with Gasteiger partial charge in [-0.15, -0.1) is 0 Å². The number of hydrogen-bond acceptors (Lipinski definition) is 5. The molecule has 0 rings (SSSR count). The second kappa shape index (κ2) is 12.2. The van der Waals surface area contributed by atoms with Crippen molar-refractivity contribution in [2.75, 3.05) is 19.8 Å². The van der Waals surface area contributed by atoms with E-state index in [4.69, 9.17) is 18.3 Å². The quantitative estimate of drug-likeness (QED) is 0.195. The van der Waals surface area contributed by atoms with Crippen LogP contribution in [0.3, 0.4) is 0 Å². The normalized spacial score (nSPS) is 11.3. The summed E-state index contributed by atoms with van der Waals surface area (Å²) in [6.07, 6.45) is 7.04. The van der Waals surface area contributed by atoms with E-state index < -0.39 is 7.82 Å². The Morgan fingerprint density at radius 1 is 0.950 bits per heavy atom. The molecule has 0 aliphatic heterocycles. The minimum absolute atomic E-state index is 0.0104. The Balaban J connectivity index is 3.77. The van der Waals surface area contributed by atoms with Crippen molar-refractivity contribution < 1.29 is 22.9 Å². The second-order valence-corrected chi connectivity index (χ2v) is 5.96. The van der Waals surface area contributed by atoms with E-state index in [1.54, 1.807) is 13.8 Å². The summed E-state index contributed by atoms with van der Waals surface area (Å²) >= 11 is 0. The van der Waals surface area contributed by atoms with E-state index in [1.165, 1.54) is 25.7 Å². The monoisotopic (exact) mass is 309 g/mol. The van der Waals surface area contributed by atoms with E-state index in [1.807, 2.05) is 0 Å². The van der Waals surface area contributed by atoms with Crippen molar-refractivity contribution >= 4 is 7.82 Å². The Bertz CT molecular complexity index is 283. The summed E-state index contributed by atoms with van der Waals surface area (Å²) in [5, 5.41) is 0. The molecule has 0 aromatic carbocycles. The molecule has 0 unspecified atom stereocenters. The van der Waals surface area contributed by atoms with Crippen molar-refractivity contribution in [3.05, 3.63) is 12.5 Å². The van der Waals surface area contributed by atoms with Crippen LogP contribution in [0.1, 0.15) is 59.3 Å². The van der Waals surface area contributed by atoms with Crippen LogP contribution < -0.4 is 0 Å². The van der Waals surface area contributed by atoms with Gasteiger partial charge in [-0.25, -0.2) is 4.57 Å². The van der Waals surface area contributed by atoms with Crippen molar-refractivity contribution in [1.29, 1.82) is 0 Å². The standard InChI is InChI=1S/C14H29O5P/c1-5-8-9-10-11-12-13-16-14(4)19-20(15,17-6-2)18-7-3/h4-13H2,1-3H3/i14+1. The molecule has 120 valence electrons. The number of phosphoric acid groups is 1. The summed E-state index contributed by atoms with van der Waals surface area (Å²) in [7, 11) is -3.57. The van der Waals surface area contributed by atoms with Crippen LogP contribution in [0.2, 0.25) is 0 Å². The predicted octanol–water partition coefficient (Wildman–Crippen LogP) is 5.03. The molecule has 5 nitrogen and oxygen atoms in total. The maximum absolute atomic E-state index is 12.0. The minimum atomic E-state index is -3.57. The van der Waals surface area contributed by atoms with Crippen LogP contribution in [0.15, 0.2) is 12.5 Å². The SMILES string of the molecule is C=[13C](OCCCCCCCC)OP(=O)(OCC)OCC. The topological polar surface area (TPSA) is 54.0 Å². The fraction of sp³-hybridized carbons (Fsp3) is 0.857. The van der Waals surface area contributed by atoms with Gasteiger partial charge in [-0.3, -0.25) is 9.05 Å². The Morgan fingerprint density at radius 2 is 1.50 bits per heavy atom. The van der Waals surface area contributed by atoms with Crippen molar-refractivity contribution in [1.82, 2.24) is 0 Å². The zero-order valence-electron chi connectivity index (χ0n) is 13.1. The first-order valence-corrected chi connectivity index (χ1v) is 8.94. The lowest BCUT2D eigenvalue weighted by molar-refractivity contribution is 0.0614. The molecule has 0 N–H and O–H groups in total. The molecule has 0 bridgehead atoms. The lowest BCUT2D eigenvalue weighted by atomic mass is 10.1. The second-order valence-electron chi connectivity index (χ2n) is 4.36. The molecule has 0 spiro atoms. The van der Waals surface area contributed by atoms with Crippen LogP contribution >= 0.6 is 7.82 Å². The zero-order chi connectivity index (χ0) is 15.3. The van der Waals surface area contributed by atoms with Gasteiger partial charge in [-0.2, -0.15) is 0 Å². The third-order valence-electron chi connectivity index (χ3n) is 2.55. The van der Waals surface area contributed by atoms with E-state index in [2.05, 4.69) is 13.5 Å².